The van der Waals surface area contributed by atoms with Crippen LogP contribution in [-0.2, 0) is 15.9 Å². The molecule has 1 unspecified atom stereocenters. The fourth-order valence-corrected chi connectivity index (χ4v) is 5.63. The average Bonchev–Trinajstić information content (AvgIpc) is 3.40. The summed E-state index contributed by atoms with van der Waals surface area (Å²) >= 11 is 0. The van der Waals surface area contributed by atoms with Gasteiger partial charge in [0.15, 0.2) is 5.79 Å². The van der Waals surface area contributed by atoms with Crippen molar-refractivity contribution in [1.82, 2.24) is 5.10 Å². The third-order valence-electron chi connectivity index (χ3n) is 7.35. The molecule has 3 aromatic rings. The monoisotopic (exact) mass is 417 g/mol. The average molecular weight is 418 g/mol. The molecule has 158 valence electrons. The molecule has 1 saturated heterocycles. The van der Waals surface area contributed by atoms with Crippen molar-refractivity contribution in [2.24, 2.45) is 5.41 Å². The fraction of sp³-hybridized carbons (Fsp3) is 0.346. The zero-order valence-corrected chi connectivity index (χ0v) is 17.6. The summed E-state index contributed by atoms with van der Waals surface area (Å²) in [6, 6.07) is 17.0. The van der Waals surface area contributed by atoms with E-state index >= 15 is 0 Å². The maximum atomic E-state index is 13.4. The van der Waals surface area contributed by atoms with E-state index in [4.69, 9.17) is 9.47 Å². The van der Waals surface area contributed by atoms with Crippen molar-refractivity contribution in [2.75, 3.05) is 6.61 Å². The van der Waals surface area contributed by atoms with Gasteiger partial charge in [-0.15, -0.1) is 0 Å². The largest absolute Gasteiger partial charge is 0.346 e. The summed E-state index contributed by atoms with van der Waals surface area (Å²) in [6.45, 7) is 2.88. The van der Waals surface area contributed by atoms with E-state index in [0.29, 0.717) is 6.61 Å². The Kier molecular flexibility index (Phi) is 4.20. The molecule has 6 rings (SSSR count). The molecule has 1 saturated carbocycles. The minimum Gasteiger partial charge on any atom is -0.346 e. The smallest absolute Gasteiger partial charge is 0.241 e. The molecule has 4 nitrogen and oxygen atoms in total. The highest BCUT2D eigenvalue weighted by molar-refractivity contribution is 5.58. The number of nitrogens with zero attached hydrogens (tertiary/aromatic N) is 1. The summed E-state index contributed by atoms with van der Waals surface area (Å²) in [4.78, 5) is 0. The molecule has 0 radical (unpaired) electrons. The number of ether oxygens (including phenoxy) is 2. The Bertz CT molecular complexity index is 1150. The van der Waals surface area contributed by atoms with Gasteiger partial charge in [0.1, 0.15) is 11.9 Å². The molecule has 3 aliphatic rings. The number of nitrogens with one attached hydrogen (secondary N) is 1. The highest BCUT2D eigenvalue weighted by atomic mass is 19.1. The second kappa shape index (κ2) is 6.87. The highest BCUT2D eigenvalue weighted by Gasteiger charge is 2.60. The van der Waals surface area contributed by atoms with Gasteiger partial charge in [0, 0.05) is 35.6 Å². The van der Waals surface area contributed by atoms with E-state index < -0.39 is 5.79 Å². The zero-order valence-electron chi connectivity index (χ0n) is 17.6. The zero-order chi connectivity index (χ0) is 21.1. The first-order valence-electron chi connectivity index (χ1n) is 11.0. The van der Waals surface area contributed by atoms with Gasteiger partial charge in [-0.25, -0.2) is 4.39 Å². The first kappa shape index (κ1) is 19.0. The topological polar surface area (TPSA) is 38.1 Å². The van der Waals surface area contributed by atoms with Crippen LogP contribution in [0.15, 0.2) is 66.4 Å². The van der Waals surface area contributed by atoms with Crippen LogP contribution in [0.25, 0.3) is 11.8 Å². The van der Waals surface area contributed by atoms with Gasteiger partial charge >= 0.3 is 0 Å². The molecule has 2 aliphatic carbocycles. The van der Waals surface area contributed by atoms with Crippen LogP contribution in [0.3, 0.4) is 0 Å². The number of hydrogen-bond acceptors (Lipinski definition) is 2. The molecular formula is C26H26FN2O2+. The van der Waals surface area contributed by atoms with Crippen molar-refractivity contribution in [2.45, 2.75) is 44.5 Å². The van der Waals surface area contributed by atoms with Crippen LogP contribution in [0, 0.1) is 11.2 Å². The van der Waals surface area contributed by atoms with Gasteiger partial charge < -0.3 is 9.47 Å². The van der Waals surface area contributed by atoms with Gasteiger partial charge in [-0.1, -0.05) is 47.5 Å². The predicted molar refractivity (Wildman–Crippen MR) is 115 cm³/mol. The number of aromatic nitrogens is 2. The third-order valence-corrected chi connectivity index (χ3v) is 7.35. The molecule has 3 atom stereocenters. The number of benzene rings is 2. The molecular weight excluding hydrogens is 391 g/mol. The Labute approximate surface area is 181 Å². The second-order valence-electron chi connectivity index (χ2n) is 9.11. The van der Waals surface area contributed by atoms with E-state index in [0.717, 1.165) is 37.1 Å². The maximum Gasteiger partial charge on any atom is 0.241 e. The number of H-pyrrole nitrogens is 1. The number of hydrogen-bond donors (Lipinski definition) is 1. The summed E-state index contributed by atoms with van der Waals surface area (Å²) in [6.07, 6.45) is 8.15. The minimum absolute atomic E-state index is 0.0332. The summed E-state index contributed by atoms with van der Waals surface area (Å²) in [7, 11) is 0. The lowest BCUT2D eigenvalue weighted by Gasteiger charge is -2.50. The molecule has 1 spiro atoms. The Morgan fingerprint density at radius 3 is 2.71 bits per heavy atom. The molecule has 2 aromatic carbocycles. The molecule has 5 heteroatoms. The Morgan fingerprint density at radius 1 is 1.10 bits per heavy atom. The van der Waals surface area contributed by atoms with Gasteiger partial charge in [0.25, 0.3) is 0 Å². The van der Waals surface area contributed by atoms with Gasteiger partial charge in [0.05, 0.1) is 12.8 Å². The summed E-state index contributed by atoms with van der Waals surface area (Å²) in [5.41, 5.74) is 5.61. The van der Waals surface area contributed by atoms with Crippen molar-refractivity contribution < 1.29 is 18.5 Å². The van der Waals surface area contributed by atoms with Crippen molar-refractivity contribution in [3.8, 4) is 5.69 Å². The number of halogens is 1. The highest BCUT2D eigenvalue weighted by Crippen LogP contribution is 2.58. The lowest BCUT2D eigenvalue weighted by Crippen LogP contribution is -2.53. The lowest BCUT2D eigenvalue weighted by atomic mass is 9.62. The number of fused-ring (bicyclic) bond motifs is 3. The van der Waals surface area contributed by atoms with Crippen LogP contribution in [0.4, 0.5) is 4.39 Å². The van der Waals surface area contributed by atoms with Gasteiger partial charge in [-0.2, -0.15) is 5.10 Å². The van der Waals surface area contributed by atoms with Crippen molar-refractivity contribution in [3.63, 3.8) is 0 Å². The standard InChI is InChI=1S/C26H25FN2O2/c1-25-15-19-16-28-29(22-11-9-21(27)10-12-22)23(19)14-20(25)8-5-13-26(25)30-17-24(31-26)18-6-3-2-4-7-18/h2-4,6-7,9-12,14,16,24H,5,8,13,15,17H2,1H3/p+1/t24-,25-,26?/m0/s1. The molecule has 2 heterocycles. The first-order valence-corrected chi connectivity index (χ1v) is 11.0. The first-order chi connectivity index (χ1) is 15.1. The number of aromatic amines is 1. The summed E-state index contributed by atoms with van der Waals surface area (Å²) in [5.74, 6) is -0.832. The molecule has 1 aromatic heterocycles. The normalized spacial score (nSPS) is 29.5. The van der Waals surface area contributed by atoms with Gasteiger partial charge in [-0.3, -0.25) is 0 Å². The fourth-order valence-electron chi connectivity index (χ4n) is 5.63. The van der Waals surface area contributed by atoms with Crippen LogP contribution < -0.4 is 4.68 Å². The van der Waals surface area contributed by atoms with E-state index in [-0.39, 0.29) is 17.3 Å². The molecule has 0 amide bonds. The predicted octanol–water partition coefficient (Wildman–Crippen LogP) is 5.04. The van der Waals surface area contributed by atoms with Crippen molar-refractivity contribution in [3.05, 3.63) is 89.0 Å². The van der Waals surface area contributed by atoms with Gasteiger partial charge in [0.2, 0.25) is 11.4 Å². The molecule has 2 fully saturated rings. The minimum atomic E-state index is -0.604. The van der Waals surface area contributed by atoms with Crippen LogP contribution in [-0.4, -0.2) is 17.5 Å². The van der Waals surface area contributed by atoms with Crippen LogP contribution in [0.2, 0.25) is 0 Å². The summed E-state index contributed by atoms with van der Waals surface area (Å²) in [5, 5.41) is 3.36. The molecule has 0 bridgehead atoms. The molecule has 1 N–H and O–H groups in total. The van der Waals surface area contributed by atoms with E-state index in [1.165, 1.54) is 28.8 Å². The van der Waals surface area contributed by atoms with Crippen molar-refractivity contribution >= 4 is 6.08 Å². The van der Waals surface area contributed by atoms with E-state index in [1.54, 1.807) is 12.1 Å². The van der Waals surface area contributed by atoms with E-state index in [1.807, 2.05) is 10.7 Å². The lowest BCUT2D eigenvalue weighted by molar-refractivity contribution is -0.657. The second-order valence-corrected chi connectivity index (χ2v) is 9.11. The Hall–Kier alpha value is -2.76. The number of rotatable bonds is 2. The maximum absolute atomic E-state index is 13.4. The van der Waals surface area contributed by atoms with Crippen molar-refractivity contribution in [1.29, 1.82) is 0 Å². The summed E-state index contributed by atoms with van der Waals surface area (Å²) < 4.78 is 28.7. The Balaban J connectivity index is 1.37. The quantitative estimate of drug-likeness (QED) is 0.593. The van der Waals surface area contributed by atoms with E-state index in [2.05, 4.69) is 48.6 Å². The molecule has 1 aliphatic heterocycles. The van der Waals surface area contributed by atoms with E-state index in [9.17, 15) is 4.39 Å². The van der Waals surface area contributed by atoms with Crippen LogP contribution >= 0.6 is 0 Å². The van der Waals surface area contributed by atoms with Gasteiger partial charge in [-0.05, 0) is 37.0 Å². The SMILES string of the molecule is C[C@]12Cc3c[nH][n+](-c4ccc(F)cc4)c3C=C1CCCC21OC[C@@H](c2ccccc2)O1. The van der Waals surface area contributed by atoms with Crippen LogP contribution in [0.1, 0.15) is 49.1 Å². The third kappa shape index (κ3) is 2.83. The van der Waals surface area contributed by atoms with Crippen LogP contribution in [0.5, 0.6) is 0 Å². The Morgan fingerprint density at radius 2 is 1.90 bits per heavy atom. The molecule has 31 heavy (non-hydrogen) atoms.